The van der Waals surface area contributed by atoms with Gasteiger partial charge in [0.15, 0.2) is 5.16 Å². The van der Waals surface area contributed by atoms with Crippen molar-refractivity contribution in [3.8, 4) is 0 Å². The van der Waals surface area contributed by atoms with Crippen LogP contribution in [0, 0.1) is 0 Å². The maximum atomic E-state index is 12.3. The Morgan fingerprint density at radius 1 is 1.23 bits per heavy atom. The number of amides is 2. The molecule has 138 valence electrons. The molecule has 1 aromatic carbocycles. The van der Waals surface area contributed by atoms with Gasteiger partial charge in [-0.1, -0.05) is 11.8 Å². The van der Waals surface area contributed by atoms with Crippen LogP contribution in [0.1, 0.15) is 43.1 Å². The SMILES string of the molecule is CCN(CC)C(=O)c1ccc(NC(=O)CSc2nncn2C2CC2)cc1. The second kappa shape index (κ2) is 8.35. The normalized spacial score (nSPS) is 13.5. The fourth-order valence-electron chi connectivity index (χ4n) is 2.66. The molecule has 0 unspecified atom stereocenters. The highest BCUT2D eigenvalue weighted by atomic mass is 32.2. The Morgan fingerprint density at radius 3 is 2.54 bits per heavy atom. The van der Waals surface area contributed by atoms with Gasteiger partial charge in [-0.3, -0.25) is 9.59 Å². The van der Waals surface area contributed by atoms with Crippen LogP contribution in [-0.4, -0.2) is 50.3 Å². The number of nitrogens with zero attached hydrogens (tertiary/aromatic N) is 4. The Morgan fingerprint density at radius 2 is 1.92 bits per heavy atom. The minimum atomic E-state index is -0.108. The second-order valence-corrected chi connectivity index (χ2v) is 7.09. The molecule has 1 aliphatic rings. The van der Waals surface area contributed by atoms with Crippen LogP contribution >= 0.6 is 11.8 Å². The van der Waals surface area contributed by atoms with Crippen molar-refractivity contribution in [1.29, 1.82) is 0 Å². The van der Waals surface area contributed by atoms with E-state index < -0.39 is 0 Å². The number of carbonyl (C=O) groups excluding carboxylic acids is 2. The van der Waals surface area contributed by atoms with E-state index in [2.05, 4.69) is 15.5 Å². The first kappa shape index (κ1) is 18.4. The number of thioether (sulfide) groups is 1. The summed E-state index contributed by atoms with van der Waals surface area (Å²) in [6, 6.07) is 7.49. The van der Waals surface area contributed by atoms with Crippen LogP contribution in [0.15, 0.2) is 35.7 Å². The molecule has 0 bridgehead atoms. The quantitative estimate of drug-likeness (QED) is 0.720. The molecule has 7 nitrogen and oxygen atoms in total. The van der Waals surface area contributed by atoms with E-state index in [9.17, 15) is 9.59 Å². The summed E-state index contributed by atoms with van der Waals surface area (Å²) in [5.41, 5.74) is 1.30. The summed E-state index contributed by atoms with van der Waals surface area (Å²) in [5, 5.41) is 11.6. The van der Waals surface area contributed by atoms with Gasteiger partial charge in [-0.15, -0.1) is 10.2 Å². The van der Waals surface area contributed by atoms with Crippen molar-refractivity contribution < 1.29 is 9.59 Å². The van der Waals surface area contributed by atoms with Gasteiger partial charge in [-0.25, -0.2) is 0 Å². The van der Waals surface area contributed by atoms with Gasteiger partial charge in [0.1, 0.15) is 6.33 Å². The average molecular weight is 373 g/mol. The Balaban J connectivity index is 1.52. The molecule has 2 aromatic rings. The monoisotopic (exact) mass is 373 g/mol. The fourth-order valence-corrected chi connectivity index (χ4v) is 3.44. The van der Waals surface area contributed by atoms with Crippen LogP contribution in [0.2, 0.25) is 0 Å². The van der Waals surface area contributed by atoms with E-state index in [1.165, 1.54) is 11.8 Å². The molecular weight excluding hydrogens is 350 g/mol. The predicted molar refractivity (Wildman–Crippen MR) is 101 cm³/mol. The maximum absolute atomic E-state index is 12.3. The molecule has 0 saturated heterocycles. The maximum Gasteiger partial charge on any atom is 0.253 e. The van der Waals surface area contributed by atoms with Crippen LogP contribution in [0.25, 0.3) is 0 Å². The zero-order chi connectivity index (χ0) is 18.5. The van der Waals surface area contributed by atoms with Crippen LogP contribution in [-0.2, 0) is 4.79 Å². The lowest BCUT2D eigenvalue weighted by molar-refractivity contribution is -0.113. The van der Waals surface area contributed by atoms with Gasteiger partial charge in [0.25, 0.3) is 5.91 Å². The van der Waals surface area contributed by atoms with Crippen molar-refractivity contribution in [3.05, 3.63) is 36.2 Å². The summed E-state index contributed by atoms with van der Waals surface area (Å²) in [6.45, 7) is 5.27. The number of hydrogen-bond donors (Lipinski definition) is 1. The van der Waals surface area contributed by atoms with Crippen molar-refractivity contribution in [2.24, 2.45) is 0 Å². The number of anilines is 1. The molecule has 26 heavy (non-hydrogen) atoms. The Kier molecular flexibility index (Phi) is 5.92. The third-order valence-electron chi connectivity index (χ3n) is 4.28. The lowest BCUT2D eigenvalue weighted by Crippen LogP contribution is -2.30. The zero-order valence-electron chi connectivity index (χ0n) is 15.0. The predicted octanol–water partition coefficient (Wildman–Crippen LogP) is 2.83. The molecule has 1 fully saturated rings. The number of benzene rings is 1. The minimum absolute atomic E-state index is 0.00263. The van der Waals surface area contributed by atoms with Crippen molar-refractivity contribution in [2.45, 2.75) is 37.9 Å². The number of aromatic nitrogens is 3. The van der Waals surface area contributed by atoms with Gasteiger partial charge in [0.05, 0.1) is 5.75 Å². The van der Waals surface area contributed by atoms with Gasteiger partial charge >= 0.3 is 0 Å². The van der Waals surface area contributed by atoms with Crippen molar-refractivity contribution in [3.63, 3.8) is 0 Å². The molecule has 1 saturated carbocycles. The summed E-state index contributed by atoms with van der Waals surface area (Å²) in [7, 11) is 0. The highest BCUT2D eigenvalue weighted by molar-refractivity contribution is 7.99. The minimum Gasteiger partial charge on any atom is -0.339 e. The first-order valence-electron chi connectivity index (χ1n) is 8.83. The summed E-state index contributed by atoms with van der Waals surface area (Å²) < 4.78 is 2.03. The molecule has 2 amide bonds. The van der Waals surface area contributed by atoms with Gasteiger partial charge < -0.3 is 14.8 Å². The average Bonchev–Trinajstić information content (AvgIpc) is 3.39. The highest BCUT2D eigenvalue weighted by Gasteiger charge is 2.26. The summed E-state index contributed by atoms with van der Waals surface area (Å²) in [4.78, 5) is 26.2. The molecule has 8 heteroatoms. The van der Waals surface area contributed by atoms with E-state index in [4.69, 9.17) is 0 Å². The summed E-state index contributed by atoms with van der Waals surface area (Å²) in [5.74, 6) is 0.164. The topological polar surface area (TPSA) is 80.1 Å². The van der Waals surface area contributed by atoms with Crippen LogP contribution in [0.4, 0.5) is 5.69 Å². The molecule has 1 N–H and O–H groups in total. The summed E-state index contributed by atoms with van der Waals surface area (Å²) in [6.07, 6.45) is 4.02. The summed E-state index contributed by atoms with van der Waals surface area (Å²) >= 11 is 1.38. The van der Waals surface area contributed by atoms with E-state index in [1.807, 2.05) is 18.4 Å². The highest BCUT2D eigenvalue weighted by Crippen LogP contribution is 2.37. The molecule has 0 spiro atoms. The van der Waals surface area contributed by atoms with E-state index >= 15 is 0 Å². The van der Waals surface area contributed by atoms with Crippen molar-refractivity contribution in [2.75, 3.05) is 24.2 Å². The van der Waals surface area contributed by atoms with Crippen molar-refractivity contribution >= 4 is 29.3 Å². The van der Waals surface area contributed by atoms with Gasteiger partial charge in [0.2, 0.25) is 5.91 Å². The molecule has 3 rings (SSSR count). The smallest absolute Gasteiger partial charge is 0.253 e. The standard InChI is InChI=1S/C18H23N5O2S/c1-3-22(4-2)17(25)13-5-7-14(8-6-13)20-16(24)11-26-18-21-19-12-23(18)15-9-10-15/h5-8,12,15H,3-4,9-11H2,1-2H3,(H,20,24). The largest absolute Gasteiger partial charge is 0.339 e. The number of hydrogen-bond acceptors (Lipinski definition) is 5. The van der Waals surface area contributed by atoms with E-state index in [0.29, 0.717) is 30.4 Å². The fraction of sp³-hybridized carbons (Fsp3) is 0.444. The van der Waals surface area contributed by atoms with Crippen LogP contribution in [0.5, 0.6) is 0 Å². The van der Waals surface area contributed by atoms with Crippen LogP contribution in [0.3, 0.4) is 0 Å². The third kappa shape index (κ3) is 4.43. The van der Waals surface area contributed by atoms with E-state index in [1.54, 1.807) is 35.5 Å². The first-order valence-corrected chi connectivity index (χ1v) is 9.82. The molecule has 1 heterocycles. The van der Waals surface area contributed by atoms with Crippen LogP contribution < -0.4 is 5.32 Å². The lowest BCUT2D eigenvalue weighted by atomic mass is 10.2. The first-order chi connectivity index (χ1) is 12.6. The third-order valence-corrected chi connectivity index (χ3v) is 5.24. The number of rotatable bonds is 8. The van der Waals surface area contributed by atoms with Gasteiger partial charge in [0, 0.05) is 30.4 Å². The second-order valence-electron chi connectivity index (χ2n) is 6.14. The number of nitrogens with one attached hydrogen (secondary N) is 1. The zero-order valence-corrected chi connectivity index (χ0v) is 15.8. The molecule has 0 atom stereocenters. The Labute approximate surface area is 157 Å². The molecule has 1 aromatic heterocycles. The molecule has 1 aliphatic carbocycles. The van der Waals surface area contributed by atoms with Gasteiger partial charge in [-0.2, -0.15) is 0 Å². The van der Waals surface area contributed by atoms with Crippen molar-refractivity contribution in [1.82, 2.24) is 19.7 Å². The number of carbonyl (C=O) groups is 2. The van der Waals surface area contributed by atoms with E-state index in [-0.39, 0.29) is 17.6 Å². The lowest BCUT2D eigenvalue weighted by Gasteiger charge is -2.18. The Bertz CT molecular complexity index is 766. The van der Waals surface area contributed by atoms with Gasteiger partial charge in [-0.05, 0) is 51.0 Å². The molecule has 0 aliphatic heterocycles. The Hall–Kier alpha value is -2.35. The van der Waals surface area contributed by atoms with E-state index in [0.717, 1.165) is 18.0 Å². The molecule has 0 radical (unpaired) electrons. The molecular formula is C18H23N5O2S.